The Morgan fingerprint density at radius 2 is 1.42 bits per heavy atom. The van der Waals surface area contributed by atoms with Gasteiger partial charge in [0.1, 0.15) is 6.61 Å². The van der Waals surface area contributed by atoms with Crippen molar-refractivity contribution < 1.29 is 29.1 Å². The lowest BCUT2D eigenvalue weighted by atomic mass is 9.88. The SMILES string of the molecule is NC(=O)NOC(=O)CC(CC(O)C(=O)OCc1cccc(Cc2ccccc2)c1)c1ccc(-c2cccc3ccccc23)cc1. The number of urea groups is 1. The number of esters is 1. The quantitative estimate of drug-likeness (QED) is 0.122. The largest absolute Gasteiger partial charge is 0.459 e. The number of rotatable bonds is 11. The van der Waals surface area contributed by atoms with E-state index in [1.165, 1.54) is 5.56 Å². The van der Waals surface area contributed by atoms with Crippen LogP contribution in [0.25, 0.3) is 21.9 Å². The molecule has 228 valence electrons. The first-order chi connectivity index (χ1) is 21.9. The average Bonchev–Trinajstić information content (AvgIpc) is 3.06. The van der Waals surface area contributed by atoms with Crippen LogP contribution in [0.5, 0.6) is 0 Å². The third-order valence-corrected chi connectivity index (χ3v) is 7.56. The molecule has 0 saturated heterocycles. The maximum Gasteiger partial charge on any atom is 0.345 e. The molecule has 0 bridgehead atoms. The fraction of sp³-hybridized carbons (Fsp3) is 0.162. The molecule has 0 aromatic heterocycles. The summed E-state index contributed by atoms with van der Waals surface area (Å²) in [5.41, 5.74) is 12.6. The molecule has 4 N–H and O–H groups in total. The summed E-state index contributed by atoms with van der Waals surface area (Å²) in [6, 6.07) is 38.5. The van der Waals surface area contributed by atoms with Crippen LogP contribution in [0, 0.1) is 0 Å². The van der Waals surface area contributed by atoms with Gasteiger partial charge in [-0.1, -0.05) is 121 Å². The fourth-order valence-corrected chi connectivity index (χ4v) is 5.38. The molecule has 0 aliphatic rings. The molecule has 0 heterocycles. The Morgan fingerprint density at radius 1 is 0.756 bits per heavy atom. The van der Waals surface area contributed by atoms with Crippen molar-refractivity contribution in [2.75, 3.05) is 0 Å². The summed E-state index contributed by atoms with van der Waals surface area (Å²) >= 11 is 0. The van der Waals surface area contributed by atoms with Gasteiger partial charge >= 0.3 is 18.0 Å². The molecule has 8 heteroatoms. The van der Waals surface area contributed by atoms with Gasteiger partial charge in [0.05, 0.1) is 6.42 Å². The number of fused-ring (bicyclic) bond motifs is 1. The molecule has 2 amide bonds. The molecule has 0 radical (unpaired) electrons. The van der Waals surface area contributed by atoms with Gasteiger partial charge in [-0.2, -0.15) is 5.48 Å². The lowest BCUT2D eigenvalue weighted by Crippen LogP contribution is -2.33. The highest BCUT2D eigenvalue weighted by molar-refractivity contribution is 5.96. The number of hydrogen-bond donors (Lipinski definition) is 3. The maximum atomic E-state index is 12.9. The van der Waals surface area contributed by atoms with Gasteiger partial charge in [-0.15, -0.1) is 0 Å². The third-order valence-electron chi connectivity index (χ3n) is 7.56. The first-order valence-electron chi connectivity index (χ1n) is 14.7. The number of aliphatic hydroxyl groups is 1. The molecule has 8 nitrogen and oxygen atoms in total. The Hall–Kier alpha value is -5.47. The van der Waals surface area contributed by atoms with Crippen molar-refractivity contribution in [3.8, 4) is 11.1 Å². The first kappa shape index (κ1) is 31.0. The average molecular weight is 603 g/mol. The molecule has 5 aromatic carbocycles. The van der Waals surface area contributed by atoms with Gasteiger partial charge in [-0.25, -0.2) is 14.4 Å². The summed E-state index contributed by atoms with van der Waals surface area (Å²) < 4.78 is 5.45. The Labute approximate surface area is 261 Å². The molecule has 0 saturated carbocycles. The molecule has 0 aliphatic heterocycles. The van der Waals surface area contributed by atoms with Crippen LogP contribution in [0.3, 0.4) is 0 Å². The zero-order chi connectivity index (χ0) is 31.6. The Kier molecular flexibility index (Phi) is 10.2. The molecule has 0 spiro atoms. The summed E-state index contributed by atoms with van der Waals surface area (Å²) in [7, 11) is 0. The molecular weight excluding hydrogens is 568 g/mol. The highest BCUT2D eigenvalue weighted by Crippen LogP contribution is 2.32. The van der Waals surface area contributed by atoms with Crippen molar-refractivity contribution in [1.29, 1.82) is 0 Å². The minimum atomic E-state index is -1.50. The number of aliphatic hydroxyl groups excluding tert-OH is 1. The summed E-state index contributed by atoms with van der Waals surface area (Å²) in [4.78, 5) is 41.1. The number of nitrogens with two attached hydrogens (primary N) is 1. The van der Waals surface area contributed by atoms with E-state index in [0.717, 1.165) is 39.4 Å². The van der Waals surface area contributed by atoms with E-state index in [4.69, 9.17) is 15.3 Å². The van der Waals surface area contributed by atoms with Crippen LogP contribution in [-0.2, 0) is 32.2 Å². The van der Waals surface area contributed by atoms with Crippen LogP contribution in [0.1, 0.15) is 41.0 Å². The number of ether oxygens (including phenoxy) is 1. The van der Waals surface area contributed by atoms with Crippen LogP contribution >= 0.6 is 0 Å². The van der Waals surface area contributed by atoms with Gasteiger partial charge in [0, 0.05) is 0 Å². The minimum absolute atomic E-state index is 0.00646. The van der Waals surface area contributed by atoms with Crippen molar-refractivity contribution in [2.45, 2.75) is 37.9 Å². The number of amides is 2. The molecule has 0 aliphatic carbocycles. The lowest BCUT2D eigenvalue weighted by Gasteiger charge is -2.20. The van der Waals surface area contributed by atoms with Crippen molar-refractivity contribution >= 4 is 28.7 Å². The molecule has 45 heavy (non-hydrogen) atoms. The predicted molar refractivity (Wildman–Crippen MR) is 172 cm³/mol. The highest BCUT2D eigenvalue weighted by atomic mass is 16.7. The normalized spacial score (nSPS) is 12.2. The number of benzene rings is 5. The number of carbonyl (C=O) groups excluding carboxylic acids is 3. The van der Waals surface area contributed by atoms with E-state index in [0.29, 0.717) is 5.56 Å². The van der Waals surface area contributed by atoms with Crippen LogP contribution in [0.4, 0.5) is 4.79 Å². The molecule has 0 fully saturated rings. The minimum Gasteiger partial charge on any atom is -0.459 e. The highest BCUT2D eigenvalue weighted by Gasteiger charge is 2.26. The molecular formula is C37H34N2O6. The summed E-state index contributed by atoms with van der Waals surface area (Å²) in [5, 5.41) is 13.1. The van der Waals surface area contributed by atoms with Gasteiger partial charge in [0.15, 0.2) is 6.10 Å². The standard InChI is InChI=1S/C37H34N2O6/c38-37(43)39-45-35(41)23-31(28-16-18-30(19-17-28)33-15-7-13-29-12-4-5-14-32(29)33)22-34(40)36(42)44-24-27-11-6-10-26(21-27)20-25-8-2-1-3-9-25/h1-19,21,31,34,40H,20,22-24H2,(H3,38,39,43). The maximum absolute atomic E-state index is 12.9. The Bertz CT molecular complexity index is 1770. The van der Waals surface area contributed by atoms with Crippen LogP contribution < -0.4 is 11.2 Å². The van der Waals surface area contributed by atoms with E-state index in [1.807, 2.05) is 96.5 Å². The number of nitrogens with one attached hydrogen (secondary N) is 1. The van der Waals surface area contributed by atoms with Crippen molar-refractivity contribution in [2.24, 2.45) is 5.73 Å². The number of hydrogen-bond acceptors (Lipinski definition) is 6. The van der Waals surface area contributed by atoms with Crippen molar-refractivity contribution in [3.63, 3.8) is 0 Å². The Balaban J connectivity index is 1.27. The number of primary amides is 1. The molecule has 5 aromatic rings. The van der Waals surface area contributed by atoms with Gasteiger partial charge in [-0.05, 0) is 62.9 Å². The smallest absolute Gasteiger partial charge is 0.345 e. The molecule has 5 rings (SSSR count). The van der Waals surface area contributed by atoms with Gasteiger partial charge < -0.3 is 20.4 Å². The Morgan fingerprint density at radius 3 is 2.20 bits per heavy atom. The zero-order valence-corrected chi connectivity index (χ0v) is 24.6. The third kappa shape index (κ3) is 8.55. The zero-order valence-electron chi connectivity index (χ0n) is 24.6. The van der Waals surface area contributed by atoms with Crippen LogP contribution in [0.15, 0.2) is 121 Å². The van der Waals surface area contributed by atoms with Gasteiger partial charge in [-0.3, -0.25) is 0 Å². The molecule has 2 unspecified atom stereocenters. The van der Waals surface area contributed by atoms with E-state index in [-0.39, 0.29) is 19.4 Å². The summed E-state index contributed by atoms with van der Waals surface area (Å²) in [5.74, 6) is -2.19. The van der Waals surface area contributed by atoms with Crippen molar-refractivity contribution in [1.82, 2.24) is 5.48 Å². The van der Waals surface area contributed by atoms with E-state index < -0.39 is 30.0 Å². The first-order valence-corrected chi connectivity index (χ1v) is 14.7. The van der Waals surface area contributed by atoms with E-state index in [9.17, 15) is 19.5 Å². The summed E-state index contributed by atoms with van der Waals surface area (Å²) in [6.07, 6.45) is -1.09. The molecule has 2 atom stereocenters. The second kappa shape index (κ2) is 14.8. The lowest BCUT2D eigenvalue weighted by molar-refractivity contribution is -0.156. The van der Waals surface area contributed by atoms with Crippen molar-refractivity contribution in [3.05, 3.63) is 144 Å². The van der Waals surface area contributed by atoms with Crippen LogP contribution in [-0.4, -0.2) is 29.2 Å². The second-order valence-corrected chi connectivity index (χ2v) is 10.8. The van der Waals surface area contributed by atoms with Crippen LogP contribution in [0.2, 0.25) is 0 Å². The van der Waals surface area contributed by atoms with Gasteiger partial charge in [0.25, 0.3) is 0 Å². The van der Waals surface area contributed by atoms with E-state index in [1.54, 1.807) is 0 Å². The van der Waals surface area contributed by atoms with E-state index >= 15 is 0 Å². The number of hydroxylamine groups is 1. The van der Waals surface area contributed by atoms with Gasteiger partial charge in [0.2, 0.25) is 0 Å². The van der Waals surface area contributed by atoms with E-state index in [2.05, 4.69) is 30.3 Å². The second-order valence-electron chi connectivity index (χ2n) is 10.8. The monoisotopic (exact) mass is 602 g/mol. The topological polar surface area (TPSA) is 128 Å². The fourth-order valence-electron chi connectivity index (χ4n) is 5.38. The summed E-state index contributed by atoms with van der Waals surface area (Å²) in [6.45, 7) is -0.00646. The number of carbonyl (C=O) groups is 3. The predicted octanol–water partition coefficient (Wildman–Crippen LogP) is 6.19.